The maximum absolute atomic E-state index is 14.6. The predicted molar refractivity (Wildman–Crippen MR) is 250 cm³/mol. The van der Waals surface area contributed by atoms with E-state index in [1.165, 1.54) is 22.4 Å². The Morgan fingerprint density at radius 3 is 1.62 bits per heavy atom. The fourth-order valence-corrected chi connectivity index (χ4v) is 9.53. The van der Waals surface area contributed by atoms with Crippen molar-refractivity contribution in [1.29, 1.82) is 0 Å². The summed E-state index contributed by atoms with van der Waals surface area (Å²) in [5.74, 6) is 0. The maximum Gasteiger partial charge on any atom is 0.418 e. The number of hydrogen-bond donors (Lipinski definition) is 0. The second-order valence-corrected chi connectivity index (χ2v) is 22.0. The lowest BCUT2D eigenvalue weighted by atomic mass is 10.0. The number of halogens is 3. The summed E-state index contributed by atoms with van der Waals surface area (Å²) >= 11 is 0. The van der Waals surface area contributed by atoms with Crippen LogP contribution < -0.4 is 15.0 Å². The number of rotatable bonds is 8. The van der Waals surface area contributed by atoms with Crippen LogP contribution >= 0.6 is 0 Å². The summed E-state index contributed by atoms with van der Waals surface area (Å²) in [6, 6.07) is 56.7. The minimum atomic E-state index is -4.54. The Hall–Kier alpha value is -6.57. The molecule has 0 amide bonds. The number of aromatic nitrogens is 1. The van der Waals surface area contributed by atoms with Crippen LogP contribution in [-0.2, 0) is 6.18 Å². The highest BCUT2D eigenvalue weighted by molar-refractivity contribution is 6.88. The molecule has 9 rings (SSSR count). The molecule has 0 atom stereocenters. The minimum Gasteiger partial charge on any atom is -0.310 e. The number of benzene rings is 8. The first-order valence-electron chi connectivity index (χ1n) is 20.3. The average molecular weight is 810 g/mol. The summed E-state index contributed by atoms with van der Waals surface area (Å²) in [6.45, 7) is 13.3. The van der Waals surface area contributed by atoms with Crippen LogP contribution in [0.1, 0.15) is 22.3 Å². The summed E-state index contributed by atoms with van der Waals surface area (Å²) in [5, 5.41) is 5.51. The second kappa shape index (κ2) is 14.9. The molecule has 0 spiro atoms. The molecule has 8 aromatic carbocycles. The van der Waals surface area contributed by atoms with E-state index in [0.29, 0.717) is 11.4 Å². The molecule has 0 unspecified atom stereocenters. The quantitative estimate of drug-likeness (QED) is 0.142. The van der Waals surface area contributed by atoms with Gasteiger partial charge in [0.25, 0.3) is 0 Å². The van der Waals surface area contributed by atoms with Gasteiger partial charge in [-0.15, -0.1) is 0 Å². The van der Waals surface area contributed by atoms with Gasteiger partial charge in [-0.1, -0.05) is 115 Å². The monoisotopic (exact) mass is 809 g/mol. The zero-order chi connectivity index (χ0) is 41.9. The Morgan fingerprint density at radius 1 is 0.467 bits per heavy atom. The molecule has 0 fully saturated rings. The van der Waals surface area contributed by atoms with Gasteiger partial charge in [0, 0.05) is 44.9 Å². The third-order valence-electron chi connectivity index (χ3n) is 11.6. The second-order valence-electron chi connectivity index (χ2n) is 16.9. The van der Waals surface area contributed by atoms with Crippen LogP contribution in [0, 0.1) is 20.8 Å². The molecule has 1 aromatic heterocycles. The van der Waals surface area contributed by atoms with E-state index in [9.17, 15) is 13.2 Å². The number of fused-ring (bicyclic) bond motifs is 4. The largest absolute Gasteiger partial charge is 0.418 e. The van der Waals surface area contributed by atoms with Crippen LogP contribution in [0.3, 0.4) is 0 Å². The lowest BCUT2D eigenvalue weighted by molar-refractivity contribution is -0.137. The highest BCUT2D eigenvalue weighted by Gasteiger charge is 2.35. The van der Waals surface area contributed by atoms with Gasteiger partial charge in [0.05, 0.1) is 30.4 Å². The lowest BCUT2D eigenvalue weighted by Crippen LogP contribution is -2.37. The van der Waals surface area contributed by atoms with Gasteiger partial charge >= 0.3 is 6.18 Å². The standard InChI is InChI=1S/C53H46F3N3Si/c1-35-15-20-40(21-16-35)57(49-13-9-7-11-37(49)3)44-27-30-46-47-32-38-19-24-43(58(41-22-17-36(2)18-23-41)50-14-10-8-12-48(50)53(54,55)56)31-39(38)33-51(47)59(52(46)34-44)42-25-28-45(29-26-42)60(4,5)6/h7-34H,1-6H3. The van der Waals surface area contributed by atoms with E-state index in [2.05, 4.69) is 146 Å². The Bertz CT molecular complexity index is 3030. The molecule has 7 heteroatoms. The smallest absolute Gasteiger partial charge is 0.310 e. The lowest BCUT2D eigenvalue weighted by Gasteiger charge is -2.28. The minimum absolute atomic E-state index is 0.0743. The van der Waals surface area contributed by atoms with Crippen LogP contribution in [0.15, 0.2) is 170 Å². The molecule has 0 aliphatic rings. The average Bonchev–Trinajstić information content (AvgIpc) is 3.54. The Kier molecular flexibility index (Phi) is 9.67. The molecule has 0 bridgehead atoms. The Morgan fingerprint density at radius 2 is 1.00 bits per heavy atom. The first-order valence-corrected chi connectivity index (χ1v) is 23.8. The molecule has 298 valence electrons. The van der Waals surface area contributed by atoms with Crippen molar-refractivity contribution in [3.63, 3.8) is 0 Å². The van der Waals surface area contributed by atoms with Crippen molar-refractivity contribution < 1.29 is 13.2 Å². The molecule has 0 saturated heterocycles. The Labute approximate surface area is 350 Å². The van der Waals surface area contributed by atoms with Crippen molar-refractivity contribution in [2.45, 2.75) is 46.6 Å². The van der Waals surface area contributed by atoms with Gasteiger partial charge < -0.3 is 14.4 Å². The SMILES string of the molecule is Cc1ccc(N(c2ccc3c4cc5ccc(N(c6ccc(C)cc6)c6ccccc6C(F)(F)F)cc5cc4n(-c4ccc([Si](C)(C)C)cc4)c3c2)c2ccccc2C)cc1. The van der Waals surface area contributed by atoms with Gasteiger partial charge in [0.2, 0.25) is 0 Å². The topological polar surface area (TPSA) is 11.4 Å². The molecule has 0 aliphatic carbocycles. The third-order valence-corrected chi connectivity index (χ3v) is 13.7. The van der Waals surface area contributed by atoms with E-state index < -0.39 is 19.8 Å². The number of alkyl halides is 3. The van der Waals surface area contributed by atoms with Crippen molar-refractivity contribution in [3.8, 4) is 5.69 Å². The first kappa shape index (κ1) is 38.9. The molecular weight excluding hydrogens is 764 g/mol. The van der Waals surface area contributed by atoms with Gasteiger partial charge in [0.1, 0.15) is 0 Å². The van der Waals surface area contributed by atoms with Crippen molar-refractivity contribution in [2.75, 3.05) is 9.80 Å². The molecule has 0 N–H and O–H groups in total. The Balaban J connectivity index is 1.29. The fraction of sp³-hybridized carbons (Fsp3) is 0.132. The molecule has 3 nitrogen and oxygen atoms in total. The first-order chi connectivity index (χ1) is 28.7. The number of hydrogen-bond acceptors (Lipinski definition) is 2. The van der Waals surface area contributed by atoms with Crippen molar-refractivity contribution in [1.82, 2.24) is 4.57 Å². The molecule has 0 saturated carbocycles. The van der Waals surface area contributed by atoms with Gasteiger partial charge in [-0.05, 0) is 128 Å². The summed E-state index contributed by atoms with van der Waals surface area (Å²) in [7, 11) is -1.58. The van der Waals surface area contributed by atoms with Crippen LogP contribution in [0.25, 0.3) is 38.3 Å². The molecule has 1 heterocycles. The van der Waals surface area contributed by atoms with E-state index in [-0.39, 0.29) is 5.69 Å². The van der Waals surface area contributed by atoms with E-state index in [4.69, 9.17) is 0 Å². The van der Waals surface area contributed by atoms with Crippen molar-refractivity contribution in [3.05, 3.63) is 192 Å². The highest BCUT2D eigenvalue weighted by atomic mass is 28.3. The van der Waals surface area contributed by atoms with Gasteiger partial charge in [-0.25, -0.2) is 0 Å². The van der Waals surface area contributed by atoms with Gasteiger partial charge in [-0.3, -0.25) is 0 Å². The third kappa shape index (κ3) is 7.13. The summed E-state index contributed by atoms with van der Waals surface area (Å²) in [4.78, 5) is 4.04. The molecular formula is C53H46F3N3Si. The molecule has 60 heavy (non-hydrogen) atoms. The van der Waals surface area contributed by atoms with Crippen LogP contribution in [0.4, 0.5) is 47.3 Å². The summed E-state index contributed by atoms with van der Waals surface area (Å²) in [6.07, 6.45) is -4.54. The summed E-state index contributed by atoms with van der Waals surface area (Å²) in [5.41, 5.74) is 10.4. The number of para-hydroxylation sites is 2. The molecule has 9 aromatic rings. The van der Waals surface area contributed by atoms with E-state index in [0.717, 1.165) is 67.0 Å². The van der Waals surface area contributed by atoms with Gasteiger partial charge in [0.15, 0.2) is 0 Å². The highest BCUT2D eigenvalue weighted by Crippen LogP contribution is 2.45. The zero-order valence-electron chi connectivity index (χ0n) is 34.6. The van der Waals surface area contributed by atoms with Crippen LogP contribution in [-0.4, -0.2) is 12.6 Å². The number of anilines is 6. The molecule has 0 radical (unpaired) electrons. The van der Waals surface area contributed by atoms with E-state index in [1.807, 2.05) is 49.4 Å². The number of nitrogens with zero attached hydrogens (tertiary/aromatic N) is 3. The summed E-state index contributed by atoms with van der Waals surface area (Å²) < 4.78 is 46.2. The van der Waals surface area contributed by atoms with Crippen molar-refractivity contribution in [2.24, 2.45) is 0 Å². The van der Waals surface area contributed by atoms with E-state index in [1.54, 1.807) is 17.0 Å². The molecule has 0 aliphatic heterocycles. The maximum atomic E-state index is 14.6. The van der Waals surface area contributed by atoms with E-state index >= 15 is 0 Å². The van der Waals surface area contributed by atoms with Crippen molar-refractivity contribution >= 4 is 80.0 Å². The predicted octanol–water partition coefficient (Wildman–Crippen LogP) is 15.4. The van der Waals surface area contributed by atoms with Crippen LogP contribution in [0.2, 0.25) is 19.6 Å². The van der Waals surface area contributed by atoms with Crippen LogP contribution in [0.5, 0.6) is 0 Å². The zero-order valence-corrected chi connectivity index (χ0v) is 35.6. The fourth-order valence-electron chi connectivity index (χ4n) is 8.37. The van der Waals surface area contributed by atoms with Gasteiger partial charge in [-0.2, -0.15) is 13.2 Å². The normalized spacial score (nSPS) is 12.1. The number of aryl methyl sites for hydroxylation is 3.